The molecule has 0 bridgehead atoms. The van der Waals surface area contributed by atoms with Crippen molar-refractivity contribution in [3.8, 4) is 0 Å². The fraction of sp³-hybridized carbons (Fsp3) is 0.588. The molecular formula is C17H22F6N4O4. The Morgan fingerprint density at radius 2 is 1.55 bits per heavy atom. The number of nitrogen functional groups attached to an aromatic ring is 1. The van der Waals surface area contributed by atoms with Crippen LogP contribution < -0.4 is 5.73 Å². The Hall–Kier alpha value is -2.61. The van der Waals surface area contributed by atoms with Crippen molar-refractivity contribution in [3.63, 3.8) is 0 Å². The van der Waals surface area contributed by atoms with Crippen molar-refractivity contribution >= 4 is 22.8 Å². The van der Waals surface area contributed by atoms with Gasteiger partial charge in [-0.15, -0.1) is 0 Å². The summed E-state index contributed by atoms with van der Waals surface area (Å²) in [4.78, 5) is 17.1. The maximum Gasteiger partial charge on any atom is 0.490 e. The topological polar surface area (TPSA) is 134 Å². The van der Waals surface area contributed by atoms with Crippen molar-refractivity contribution < 1.29 is 46.5 Å². The molecule has 0 amide bonds. The minimum atomic E-state index is -5.08. The molecule has 0 radical (unpaired) electrons. The second-order valence-electron chi connectivity index (χ2n) is 7.24. The Morgan fingerprint density at radius 3 is 1.94 bits per heavy atom. The van der Waals surface area contributed by atoms with Gasteiger partial charge in [0.05, 0.1) is 18.7 Å². The number of pyridine rings is 1. The second kappa shape index (κ2) is 9.26. The average molecular weight is 460 g/mol. The number of anilines is 1. The van der Waals surface area contributed by atoms with E-state index in [2.05, 4.69) is 9.97 Å². The minimum absolute atomic E-state index is 0.0222. The number of aliphatic hydroxyl groups excluding tert-OH is 2. The van der Waals surface area contributed by atoms with Crippen molar-refractivity contribution in [1.82, 2.24) is 14.5 Å². The van der Waals surface area contributed by atoms with Gasteiger partial charge in [0.15, 0.2) is 5.82 Å². The molecule has 2 rings (SSSR count). The summed E-state index contributed by atoms with van der Waals surface area (Å²) < 4.78 is 71.9. The van der Waals surface area contributed by atoms with Gasteiger partial charge >= 0.3 is 18.3 Å². The lowest BCUT2D eigenvalue weighted by atomic mass is 9.92. The van der Waals surface area contributed by atoms with Crippen molar-refractivity contribution in [1.29, 1.82) is 0 Å². The number of fused-ring (bicyclic) bond motifs is 1. The summed E-state index contributed by atoms with van der Waals surface area (Å²) in [6, 6.07) is 0. The van der Waals surface area contributed by atoms with E-state index in [1.165, 1.54) is 4.57 Å². The van der Waals surface area contributed by atoms with Crippen molar-refractivity contribution in [2.75, 3.05) is 18.9 Å². The van der Waals surface area contributed by atoms with Gasteiger partial charge in [0.2, 0.25) is 0 Å². The monoisotopic (exact) mass is 460 g/mol. The highest BCUT2D eigenvalue weighted by molar-refractivity contribution is 5.88. The number of aryl methyl sites for hydroxylation is 2. The number of hydrogen-bond acceptors (Lipinski definition) is 6. The van der Waals surface area contributed by atoms with Crippen LogP contribution in [-0.4, -0.2) is 61.4 Å². The summed E-state index contributed by atoms with van der Waals surface area (Å²) in [5.74, 6) is -2.91. The normalized spacial score (nSPS) is 12.6. The maximum atomic E-state index is 12.9. The van der Waals surface area contributed by atoms with Crippen LogP contribution in [0.4, 0.5) is 32.2 Å². The number of aliphatic hydroxyl groups is 2. The van der Waals surface area contributed by atoms with Crippen LogP contribution in [-0.2, 0) is 17.8 Å². The first-order valence-electron chi connectivity index (χ1n) is 8.66. The van der Waals surface area contributed by atoms with Crippen LogP contribution in [0.15, 0.2) is 0 Å². The Bertz CT molecular complexity index is 936. The SMILES string of the molecule is Cc1nc(N)c2nc(CC(F)(F)F)n(CC(C)(CO)CO)c2c1C.O=C(O)C(F)(F)F. The molecule has 0 fully saturated rings. The summed E-state index contributed by atoms with van der Waals surface area (Å²) >= 11 is 0. The Morgan fingerprint density at radius 1 is 1.06 bits per heavy atom. The fourth-order valence-corrected chi connectivity index (χ4v) is 2.56. The quantitative estimate of drug-likeness (QED) is 0.503. The molecule has 0 atom stereocenters. The van der Waals surface area contributed by atoms with Crippen LogP contribution in [0.1, 0.15) is 24.0 Å². The molecule has 0 aliphatic heterocycles. The van der Waals surface area contributed by atoms with E-state index in [0.717, 1.165) is 0 Å². The third kappa shape index (κ3) is 6.69. The van der Waals surface area contributed by atoms with Crippen molar-refractivity contribution in [2.45, 2.75) is 46.1 Å². The lowest BCUT2D eigenvalue weighted by molar-refractivity contribution is -0.192. The summed E-state index contributed by atoms with van der Waals surface area (Å²) in [6.07, 6.45) is -10.8. The van der Waals surface area contributed by atoms with E-state index < -0.39 is 30.2 Å². The lowest BCUT2D eigenvalue weighted by Gasteiger charge is -2.27. The largest absolute Gasteiger partial charge is 0.490 e. The zero-order valence-corrected chi connectivity index (χ0v) is 16.8. The molecule has 0 spiro atoms. The van der Waals surface area contributed by atoms with E-state index in [9.17, 15) is 36.6 Å². The van der Waals surface area contributed by atoms with Gasteiger partial charge in [0.25, 0.3) is 0 Å². The van der Waals surface area contributed by atoms with E-state index in [0.29, 0.717) is 16.8 Å². The summed E-state index contributed by atoms with van der Waals surface area (Å²) in [5, 5.41) is 26.1. The number of imidazole rings is 1. The van der Waals surface area contributed by atoms with Crippen molar-refractivity contribution in [2.24, 2.45) is 5.41 Å². The van der Waals surface area contributed by atoms with Gasteiger partial charge in [-0.3, -0.25) is 0 Å². The molecule has 0 unspecified atom stereocenters. The molecule has 0 saturated carbocycles. The molecule has 0 aromatic carbocycles. The van der Waals surface area contributed by atoms with Crippen LogP contribution in [0.2, 0.25) is 0 Å². The zero-order valence-electron chi connectivity index (χ0n) is 16.8. The van der Waals surface area contributed by atoms with Gasteiger partial charge in [-0.2, -0.15) is 26.3 Å². The molecule has 5 N–H and O–H groups in total. The van der Waals surface area contributed by atoms with Gasteiger partial charge in [-0.1, -0.05) is 6.92 Å². The van der Waals surface area contributed by atoms with Gasteiger partial charge in [0.1, 0.15) is 17.8 Å². The molecular weight excluding hydrogens is 438 g/mol. The van der Waals surface area contributed by atoms with Crippen LogP contribution >= 0.6 is 0 Å². The number of carboxylic acids is 1. The molecule has 2 aromatic heterocycles. The van der Waals surface area contributed by atoms with Gasteiger partial charge in [0, 0.05) is 17.7 Å². The second-order valence-corrected chi connectivity index (χ2v) is 7.24. The zero-order chi connectivity index (χ0) is 24.4. The molecule has 8 nitrogen and oxygen atoms in total. The number of aliphatic carboxylic acids is 1. The Kier molecular flexibility index (Phi) is 7.89. The molecule has 0 aliphatic rings. The number of rotatable bonds is 5. The minimum Gasteiger partial charge on any atom is -0.475 e. The highest BCUT2D eigenvalue weighted by Crippen LogP contribution is 2.32. The number of hydrogen-bond donors (Lipinski definition) is 4. The lowest BCUT2D eigenvalue weighted by Crippen LogP contribution is -2.32. The third-order valence-corrected chi connectivity index (χ3v) is 4.38. The molecule has 0 saturated heterocycles. The number of halogens is 6. The third-order valence-electron chi connectivity index (χ3n) is 4.38. The number of carbonyl (C=O) groups is 1. The van der Waals surface area contributed by atoms with E-state index in [4.69, 9.17) is 15.6 Å². The predicted octanol–water partition coefficient (Wildman–Crippen LogP) is 2.36. The van der Waals surface area contributed by atoms with Crippen LogP contribution in [0.5, 0.6) is 0 Å². The number of nitrogens with zero attached hydrogens (tertiary/aromatic N) is 3. The number of aromatic nitrogens is 3. The first-order chi connectivity index (χ1) is 14.0. The highest BCUT2D eigenvalue weighted by Gasteiger charge is 2.38. The molecule has 2 aromatic rings. The summed E-state index contributed by atoms with van der Waals surface area (Å²) in [5.41, 5.74) is 6.75. The average Bonchev–Trinajstić information content (AvgIpc) is 2.96. The number of nitrogens with two attached hydrogens (primary N) is 1. The number of alkyl halides is 6. The summed E-state index contributed by atoms with van der Waals surface area (Å²) in [7, 11) is 0. The molecule has 0 aliphatic carbocycles. The van der Waals surface area contributed by atoms with Crippen LogP contribution in [0.25, 0.3) is 11.0 Å². The number of carboxylic acid groups (broad SMARTS) is 1. The molecule has 14 heteroatoms. The maximum absolute atomic E-state index is 12.9. The van der Waals surface area contributed by atoms with Crippen molar-refractivity contribution in [3.05, 3.63) is 17.1 Å². The molecule has 31 heavy (non-hydrogen) atoms. The Labute approximate surface area is 172 Å². The standard InChI is InChI=1S/C15H21F3N4O2.C2HF3O2/c1-8-9(2)20-13(19)11-12(8)22(5-14(3,6-23)7-24)10(21-11)4-15(16,17)18;3-2(4,5)1(6)7/h23-24H,4-7H2,1-3H3,(H2,19,20);(H,6,7). The van der Waals surface area contributed by atoms with Gasteiger partial charge < -0.3 is 25.6 Å². The molecule has 176 valence electrons. The van der Waals surface area contributed by atoms with E-state index >= 15 is 0 Å². The smallest absolute Gasteiger partial charge is 0.475 e. The molecule has 2 heterocycles. The van der Waals surface area contributed by atoms with E-state index in [-0.39, 0.29) is 36.9 Å². The van der Waals surface area contributed by atoms with E-state index in [1.54, 1.807) is 20.8 Å². The fourth-order valence-electron chi connectivity index (χ4n) is 2.56. The Balaban J connectivity index is 0.000000592. The predicted molar refractivity (Wildman–Crippen MR) is 97.1 cm³/mol. The first-order valence-corrected chi connectivity index (χ1v) is 8.66. The van der Waals surface area contributed by atoms with Crippen LogP contribution in [0, 0.1) is 19.3 Å². The first kappa shape index (κ1) is 26.4. The van der Waals surface area contributed by atoms with Gasteiger partial charge in [-0.05, 0) is 19.4 Å². The van der Waals surface area contributed by atoms with E-state index in [1.807, 2.05) is 0 Å². The highest BCUT2D eigenvalue weighted by atomic mass is 19.4. The van der Waals surface area contributed by atoms with Crippen LogP contribution in [0.3, 0.4) is 0 Å². The van der Waals surface area contributed by atoms with Gasteiger partial charge in [-0.25, -0.2) is 14.8 Å². The summed E-state index contributed by atoms with van der Waals surface area (Å²) in [6.45, 7) is 4.24.